The van der Waals surface area contributed by atoms with Crippen LogP contribution in [0.5, 0.6) is 5.75 Å². The van der Waals surface area contributed by atoms with Crippen molar-refractivity contribution in [3.8, 4) is 5.75 Å². The van der Waals surface area contributed by atoms with Crippen LogP contribution in [0.15, 0.2) is 23.2 Å². The fourth-order valence-electron chi connectivity index (χ4n) is 2.77. The van der Waals surface area contributed by atoms with Crippen LogP contribution in [-0.2, 0) is 11.3 Å². The number of rotatable bonds is 8. The van der Waals surface area contributed by atoms with Crippen molar-refractivity contribution in [1.82, 2.24) is 15.6 Å². The molecule has 2 aromatic rings. The van der Waals surface area contributed by atoms with Crippen LogP contribution in [0, 0.1) is 13.8 Å². The molecule has 1 aromatic carbocycles. The van der Waals surface area contributed by atoms with Gasteiger partial charge in [0.1, 0.15) is 15.6 Å². The van der Waals surface area contributed by atoms with Gasteiger partial charge in [-0.3, -0.25) is 4.99 Å². The number of halogens is 1. The van der Waals surface area contributed by atoms with Crippen molar-refractivity contribution < 1.29 is 14.3 Å². The number of thiazole rings is 1. The van der Waals surface area contributed by atoms with E-state index in [1.165, 1.54) is 11.3 Å². The summed E-state index contributed by atoms with van der Waals surface area (Å²) in [5.41, 5.74) is 2.92. The average molecular weight is 546 g/mol. The van der Waals surface area contributed by atoms with Crippen molar-refractivity contribution in [3.05, 3.63) is 44.9 Å². The number of carbonyl (C=O) groups is 1. The molecule has 0 spiro atoms. The van der Waals surface area contributed by atoms with Gasteiger partial charge in [-0.1, -0.05) is 12.1 Å². The van der Waals surface area contributed by atoms with Crippen molar-refractivity contribution in [2.24, 2.45) is 4.99 Å². The summed E-state index contributed by atoms with van der Waals surface area (Å²) in [5, 5.41) is 7.44. The van der Waals surface area contributed by atoms with Gasteiger partial charge in [0, 0.05) is 13.6 Å². The lowest BCUT2D eigenvalue weighted by Crippen LogP contribution is -2.38. The predicted octanol–water partition coefficient (Wildman–Crippen LogP) is 4.38. The molecule has 0 bridgehead atoms. The van der Waals surface area contributed by atoms with Crippen molar-refractivity contribution in [3.63, 3.8) is 0 Å². The van der Waals surface area contributed by atoms with Crippen LogP contribution >= 0.6 is 35.3 Å². The first-order valence-electron chi connectivity index (χ1n) is 9.73. The van der Waals surface area contributed by atoms with Crippen molar-refractivity contribution in [2.75, 3.05) is 20.3 Å². The Morgan fingerprint density at radius 3 is 2.60 bits per heavy atom. The summed E-state index contributed by atoms with van der Waals surface area (Å²) < 4.78 is 10.7. The average Bonchev–Trinajstić information content (AvgIpc) is 3.09. The number of nitrogens with zero attached hydrogens (tertiary/aromatic N) is 2. The van der Waals surface area contributed by atoms with E-state index in [0.29, 0.717) is 36.3 Å². The lowest BCUT2D eigenvalue weighted by molar-refractivity contribution is 0.0531. The van der Waals surface area contributed by atoms with Gasteiger partial charge < -0.3 is 20.1 Å². The second-order valence-corrected chi connectivity index (χ2v) is 7.54. The highest BCUT2D eigenvalue weighted by Crippen LogP contribution is 2.24. The Hall–Kier alpha value is -1.88. The number of hydrogen-bond acceptors (Lipinski definition) is 6. The Morgan fingerprint density at radius 1 is 1.27 bits per heavy atom. The number of esters is 1. The van der Waals surface area contributed by atoms with E-state index in [1.54, 1.807) is 14.0 Å². The van der Waals surface area contributed by atoms with Gasteiger partial charge in [0.2, 0.25) is 0 Å². The first kappa shape index (κ1) is 26.2. The summed E-state index contributed by atoms with van der Waals surface area (Å²) in [6.45, 7) is 11.2. The molecule has 1 aromatic heterocycles. The lowest BCUT2D eigenvalue weighted by Gasteiger charge is -2.17. The molecule has 30 heavy (non-hydrogen) atoms. The van der Waals surface area contributed by atoms with Gasteiger partial charge in [-0.25, -0.2) is 9.78 Å². The third kappa shape index (κ3) is 7.12. The lowest BCUT2D eigenvalue weighted by atomic mass is 10.1. The number of ether oxygens (including phenoxy) is 2. The van der Waals surface area contributed by atoms with Crippen LogP contribution in [0.3, 0.4) is 0 Å². The normalized spacial score (nSPS) is 12.0. The molecule has 166 valence electrons. The number of guanidine groups is 1. The minimum atomic E-state index is -0.325. The van der Waals surface area contributed by atoms with E-state index in [0.717, 1.165) is 21.9 Å². The van der Waals surface area contributed by atoms with Gasteiger partial charge in [-0.05, 0) is 51.8 Å². The highest BCUT2D eigenvalue weighted by molar-refractivity contribution is 14.0. The van der Waals surface area contributed by atoms with E-state index >= 15 is 0 Å². The maximum atomic E-state index is 12.0. The maximum Gasteiger partial charge on any atom is 0.350 e. The quantitative estimate of drug-likeness (QED) is 0.221. The van der Waals surface area contributed by atoms with E-state index < -0.39 is 0 Å². The first-order valence-corrected chi connectivity index (χ1v) is 10.5. The summed E-state index contributed by atoms with van der Waals surface area (Å²) >= 11 is 1.35. The summed E-state index contributed by atoms with van der Waals surface area (Å²) in [7, 11) is 1.72. The molecule has 9 heteroatoms. The molecule has 0 saturated carbocycles. The first-order chi connectivity index (χ1) is 13.9. The number of aryl methyl sites for hydroxylation is 2. The van der Waals surface area contributed by atoms with Gasteiger partial charge >= 0.3 is 5.97 Å². The molecule has 0 aliphatic rings. The number of hydrogen-bond donors (Lipinski definition) is 2. The Kier molecular flexibility index (Phi) is 11.1. The smallest absolute Gasteiger partial charge is 0.350 e. The zero-order valence-corrected chi connectivity index (χ0v) is 21.5. The Balaban J connectivity index is 0.00000450. The summed E-state index contributed by atoms with van der Waals surface area (Å²) in [6.07, 6.45) is 0. The van der Waals surface area contributed by atoms with Crippen molar-refractivity contribution >= 4 is 47.2 Å². The van der Waals surface area contributed by atoms with E-state index in [1.807, 2.05) is 39.8 Å². The molecule has 1 heterocycles. The fourth-order valence-corrected chi connectivity index (χ4v) is 3.74. The van der Waals surface area contributed by atoms with Crippen LogP contribution in [0.1, 0.15) is 58.3 Å². The second kappa shape index (κ2) is 12.7. The van der Waals surface area contributed by atoms with Crippen molar-refractivity contribution in [1.29, 1.82) is 0 Å². The van der Waals surface area contributed by atoms with E-state index in [9.17, 15) is 4.79 Å². The van der Waals surface area contributed by atoms with E-state index in [-0.39, 0.29) is 36.0 Å². The Labute approximate surface area is 199 Å². The number of aliphatic imine (C=N–C) groups is 1. The van der Waals surface area contributed by atoms with E-state index in [2.05, 4.69) is 26.7 Å². The van der Waals surface area contributed by atoms with Gasteiger partial charge in [0.15, 0.2) is 5.96 Å². The number of nitrogens with one attached hydrogen (secondary N) is 2. The number of carbonyl (C=O) groups excluding carboxylic acids is 1. The molecule has 0 aliphatic heterocycles. The standard InChI is InChI=1S/C21H30N4O3S.HI/c1-7-27-17-10-9-16(11-13(17)3)12-23-21(22-6)25-15(5)19-24-14(4)18(29-19)20(26)28-8-2;/h9-11,15H,7-8,12H2,1-6H3,(H2,22,23,25);1H. The second-order valence-electron chi connectivity index (χ2n) is 6.51. The fraction of sp³-hybridized carbons (Fsp3) is 0.476. The third-order valence-electron chi connectivity index (χ3n) is 4.22. The molecule has 1 atom stereocenters. The molecular weight excluding hydrogens is 515 g/mol. The van der Waals surface area contributed by atoms with Crippen LogP contribution in [0.25, 0.3) is 0 Å². The van der Waals surface area contributed by atoms with Gasteiger partial charge in [-0.2, -0.15) is 0 Å². The van der Waals surface area contributed by atoms with Gasteiger partial charge in [0.25, 0.3) is 0 Å². The minimum Gasteiger partial charge on any atom is -0.494 e. The Morgan fingerprint density at radius 2 is 2.00 bits per heavy atom. The van der Waals surface area contributed by atoms with Gasteiger partial charge in [0.05, 0.1) is 24.9 Å². The molecule has 1 unspecified atom stereocenters. The SMILES string of the molecule is CCOC(=O)c1sc(C(C)NC(=NC)NCc2ccc(OCC)c(C)c2)nc1C.I. The van der Waals surface area contributed by atoms with Crippen LogP contribution < -0.4 is 15.4 Å². The summed E-state index contributed by atoms with van der Waals surface area (Å²) in [5.74, 6) is 1.24. The molecule has 0 fully saturated rings. The monoisotopic (exact) mass is 546 g/mol. The van der Waals surface area contributed by atoms with Crippen molar-refractivity contribution in [2.45, 2.75) is 47.2 Å². The minimum absolute atomic E-state index is 0. The van der Waals surface area contributed by atoms with E-state index in [4.69, 9.17) is 9.47 Å². The van der Waals surface area contributed by atoms with Crippen LogP contribution in [0.4, 0.5) is 0 Å². The number of aromatic nitrogens is 1. The largest absolute Gasteiger partial charge is 0.494 e. The maximum absolute atomic E-state index is 12.0. The molecule has 0 saturated heterocycles. The summed E-state index contributed by atoms with van der Waals surface area (Å²) in [6, 6.07) is 6.03. The highest BCUT2D eigenvalue weighted by Gasteiger charge is 2.20. The van der Waals surface area contributed by atoms with Crippen LogP contribution in [0.2, 0.25) is 0 Å². The molecule has 7 nitrogen and oxygen atoms in total. The Bertz CT molecular complexity index is 870. The third-order valence-corrected chi connectivity index (χ3v) is 5.54. The summed E-state index contributed by atoms with van der Waals surface area (Å²) in [4.78, 5) is 21.4. The highest BCUT2D eigenvalue weighted by atomic mass is 127. The molecule has 0 radical (unpaired) electrons. The zero-order chi connectivity index (χ0) is 21.4. The molecule has 2 rings (SSSR count). The molecule has 0 amide bonds. The topological polar surface area (TPSA) is 84.8 Å². The van der Waals surface area contributed by atoms with Gasteiger partial charge in [-0.15, -0.1) is 35.3 Å². The molecular formula is C21H31IN4O3S. The molecule has 2 N–H and O–H groups in total. The zero-order valence-electron chi connectivity index (χ0n) is 18.4. The van der Waals surface area contributed by atoms with Crippen LogP contribution in [-0.4, -0.2) is 37.2 Å². The number of benzene rings is 1. The molecule has 0 aliphatic carbocycles. The predicted molar refractivity (Wildman–Crippen MR) is 132 cm³/mol.